The molecule has 0 amide bonds. The van der Waals surface area contributed by atoms with Crippen molar-refractivity contribution in [3.05, 3.63) is 70.1 Å². The van der Waals surface area contributed by atoms with E-state index in [2.05, 4.69) is 9.97 Å². The van der Waals surface area contributed by atoms with Crippen molar-refractivity contribution in [3.8, 4) is 5.75 Å². The van der Waals surface area contributed by atoms with Gasteiger partial charge < -0.3 is 9.72 Å². The lowest BCUT2D eigenvalue weighted by Crippen LogP contribution is -2.11. The summed E-state index contributed by atoms with van der Waals surface area (Å²) in [6.45, 7) is 1.35. The number of carbonyl (C=O) groups is 1. The Balaban J connectivity index is 1.86. The highest BCUT2D eigenvalue weighted by molar-refractivity contribution is 5.76. The van der Waals surface area contributed by atoms with Gasteiger partial charge in [0.25, 0.3) is 5.56 Å². The number of hydrogen-bond donors (Lipinski definition) is 1. The van der Waals surface area contributed by atoms with Crippen molar-refractivity contribution >= 4 is 29.2 Å². The van der Waals surface area contributed by atoms with Gasteiger partial charge in [0.15, 0.2) is 0 Å². The third kappa shape index (κ3) is 3.52. The number of fused-ring (bicyclic) bond motifs is 1. The molecule has 0 saturated heterocycles. The highest BCUT2D eigenvalue weighted by atomic mass is 16.5. The van der Waals surface area contributed by atoms with E-state index in [1.807, 2.05) is 24.3 Å². The molecule has 0 aliphatic heterocycles. The van der Waals surface area contributed by atoms with Crippen molar-refractivity contribution in [2.24, 2.45) is 0 Å². The Morgan fingerprint density at radius 1 is 1.09 bits per heavy atom. The van der Waals surface area contributed by atoms with Gasteiger partial charge in [-0.2, -0.15) is 0 Å². The predicted molar refractivity (Wildman–Crippen MR) is 89.0 cm³/mol. The summed E-state index contributed by atoms with van der Waals surface area (Å²) in [5.41, 5.74) is 2.41. The number of hydrogen-bond acceptors (Lipinski definition) is 4. The fourth-order valence-corrected chi connectivity index (χ4v) is 2.14. The minimum atomic E-state index is -0.361. The second-order valence-corrected chi connectivity index (χ2v) is 4.96. The van der Waals surface area contributed by atoms with Crippen molar-refractivity contribution in [3.63, 3.8) is 0 Å². The van der Waals surface area contributed by atoms with E-state index in [0.717, 1.165) is 11.1 Å². The molecule has 2 aromatic carbocycles. The van der Waals surface area contributed by atoms with Crippen molar-refractivity contribution < 1.29 is 9.53 Å². The van der Waals surface area contributed by atoms with Gasteiger partial charge in [-0.3, -0.25) is 9.59 Å². The standard InChI is InChI=1S/C18H14N2O3/c1-12(21)23-14-9-6-13(7-10-14)8-11-17-18(22)20-16-5-3-2-4-15(16)19-17/h2-11H,1H3,(H,20,22). The zero-order valence-corrected chi connectivity index (χ0v) is 12.4. The topological polar surface area (TPSA) is 72.0 Å². The first kappa shape index (κ1) is 14.7. The third-order valence-electron chi connectivity index (χ3n) is 3.20. The first-order valence-corrected chi connectivity index (χ1v) is 7.07. The second kappa shape index (κ2) is 6.27. The summed E-state index contributed by atoms with van der Waals surface area (Å²) in [7, 11) is 0. The number of carbonyl (C=O) groups excluding carboxylic acids is 1. The van der Waals surface area contributed by atoms with E-state index in [1.54, 1.807) is 36.4 Å². The van der Waals surface area contributed by atoms with Crippen molar-refractivity contribution in [1.29, 1.82) is 0 Å². The van der Waals surface area contributed by atoms with E-state index in [9.17, 15) is 9.59 Å². The average Bonchev–Trinajstić information content (AvgIpc) is 2.54. The van der Waals surface area contributed by atoms with Crippen LogP contribution >= 0.6 is 0 Å². The van der Waals surface area contributed by atoms with Crippen LogP contribution < -0.4 is 10.3 Å². The van der Waals surface area contributed by atoms with Crippen LogP contribution in [0.1, 0.15) is 18.2 Å². The van der Waals surface area contributed by atoms with Crippen LogP contribution in [0.25, 0.3) is 23.2 Å². The first-order chi connectivity index (χ1) is 11.1. The molecule has 0 aliphatic rings. The quantitative estimate of drug-likeness (QED) is 0.596. The van der Waals surface area contributed by atoms with Crippen LogP contribution in [0.15, 0.2) is 53.3 Å². The van der Waals surface area contributed by atoms with E-state index in [-0.39, 0.29) is 11.5 Å². The molecule has 0 spiro atoms. The second-order valence-electron chi connectivity index (χ2n) is 4.96. The van der Waals surface area contributed by atoms with Gasteiger partial charge in [-0.25, -0.2) is 4.98 Å². The lowest BCUT2D eigenvalue weighted by molar-refractivity contribution is -0.131. The molecule has 3 rings (SSSR count). The zero-order valence-electron chi connectivity index (χ0n) is 12.4. The Labute approximate surface area is 132 Å². The summed E-state index contributed by atoms with van der Waals surface area (Å²) in [5.74, 6) is 0.122. The maximum atomic E-state index is 12.0. The summed E-state index contributed by atoms with van der Waals surface area (Å²) < 4.78 is 4.97. The van der Waals surface area contributed by atoms with Crippen LogP contribution in [0.2, 0.25) is 0 Å². The molecule has 0 radical (unpaired) electrons. The molecule has 0 unspecified atom stereocenters. The van der Waals surface area contributed by atoms with Crippen LogP contribution in [0.4, 0.5) is 0 Å². The molecule has 114 valence electrons. The lowest BCUT2D eigenvalue weighted by Gasteiger charge is -2.01. The van der Waals surface area contributed by atoms with E-state index in [0.29, 0.717) is 17.0 Å². The highest BCUT2D eigenvalue weighted by Crippen LogP contribution is 2.14. The van der Waals surface area contributed by atoms with Gasteiger partial charge in [-0.15, -0.1) is 0 Å². The number of H-pyrrole nitrogens is 1. The van der Waals surface area contributed by atoms with Crippen molar-refractivity contribution in [2.45, 2.75) is 6.92 Å². The van der Waals surface area contributed by atoms with Crippen LogP contribution in [0.5, 0.6) is 5.75 Å². The molecule has 1 N–H and O–H groups in total. The first-order valence-electron chi connectivity index (χ1n) is 7.07. The molecular weight excluding hydrogens is 292 g/mol. The Bertz CT molecular complexity index is 940. The monoisotopic (exact) mass is 306 g/mol. The third-order valence-corrected chi connectivity index (χ3v) is 3.20. The molecule has 0 atom stereocenters. The van der Waals surface area contributed by atoms with Gasteiger partial charge >= 0.3 is 5.97 Å². The number of aromatic amines is 1. The Morgan fingerprint density at radius 3 is 2.57 bits per heavy atom. The number of aromatic nitrogens is 2. The molecule has 23 heavy (non-hydrogen) atoms. The molecule has 0 bridgehead atoms. The Kier molecular flexibility index (Phi) is 4.01. The normalized spacial score (nSPS) is 11.0. The summed E-state index contributed by atoms with van der Waals surface area (Å²) in [4.78, 5) is 30.0. The molecular formula is C18H14N2O3. The summed E-state index contributed by atoms with van der Waals surface area (Å²) in [6.07, 6.45) is 3.44. The van der Waals surface area contributed by atoms with Crippen LogP contribution in [0, 0.1) is 0 Å². The van der Waals surface area contributed by atoms with Crippen LogP contribution in [-0.2, 0) is 4.79 Å². The fourth-order valence-electron chi connectivity index (χ4n) is 2.14. The largest absolute Gasteiger partial charge is 0.427 e. The molecule has 0 fully saturated rings. The summed E-state index contributed by atoms with van der Waals surface area (Å²) >= 11 is 0. The zero-order chi connectivity index (χ0) is 16.2. The van der Waals surface area contributed by atoms with Gasteiger partial charge in [0, 0.05) is 6.92 Å². The number of nitrogens with zero attached hydrogens (tertiary/aromatic N) is 1. The van der Waals surface area contributed by atoms with Gasteiger partial charge in [0.1, 0.15) is 11.4 Å². The fraction of sp³-hybridized carbons (Fsp3) is 0.0556. The molecule has 1 aromatic heterocycles. The SMILES string of the molecule is CC(=O)Oc1ccc(C=Cc2nc3ccccc3[nH]c2=O)cc1. The van der Waals surface area contributed by atoms with Gasteiger partial charge in [0.05, 0.1) is 11.0 Å². The van der Waals surface area contributed by atoms with E-state index < -0.39 is 0 Å². The average molecular weight is 306 g/mol. The number of ether oxygens (including phenoxy) is 1. The number of benzene rings is 2. The van der Waals surface area contributed by atoms with Crippen molar-refractivity contribution in [1.82, 2.24) is 9.97 Å². The maximum absolute atomic E-state index is 12.0. The smallest absolute Gasteiger partial charge is 0.308 e. The molecule has 0 aliphatic carbocycles. The van der Waals surface area contributed by atoms with E-state index in [4.69, 9.17) is 4.74 Å². The van der Waals surface area contributed by atoms with Crippen LogP contribution in [0.3, 0.4) is 0 Å². The Hall–Kier alpha value is -3.21. The van der Waals surface area contributed by atoms with Gasteiger partial charge in [0.2, 0.25) is 0 Å². The number of esters is 1. The minimum Gasteiger partial charge on any atom is -0.427 e. The maximum Gasteiger partial charge on any atom is 0.308 e. The molecule has 0 saturated carbocycles. The van der Waals surface area contributed by atoms with E-state index >= 15 is 0 Å². The molecule has 3 aromatic rings. The summed E-state index contributed by atoms with van der Waals surface area (Å²) in [5, 5.41) is 0. The van der Waals surface area contributed by atoms with Crippen molar-refractivity contribution in [2.75, 3.05) is 0 Å². The Morgan fingerprint density at radius 2 is 1.83 bits per heavy atom. The van der Waals surface area contributed by atoms with Gasteiger partial charge in [-0.05, 0) is 35.9 Å². The molecule has 1 heterocycles. The van der Waals surface area contributed by atoms with E-state index in [1.165, 1.54) is 6.92 Å². The number of para-hydroxylation sites is 2. The lowest BCUT2D eigenvalue weighted by atomic mass is 10.2. The van der Waals surface area contributed by atoms with Crippen LogP contribution in [-0.4, -0.2) is 15.9 Å². The summed E-state index contributed by atoms with van der Waals surface area (Å²) in [6, 6.07) is 14.3. The number of nitrogens with one attached hydrogen (secondary N) is 1. The van der Waals surface area contributed by atoms with Gasteiger partial charge in [-0.1, -0.05) is 30.3 Å². The predicted octanol–water partition coefficient (Wildman–Crippen LogP) is 3.02. The molecule has 5 heteroatoms. The minimum absolute atomic E-state index is 0.239. The highest BCUT2D eigenvalue weighted by Gasteiger charge is 2.01. The molecule has 5 nitrogen and oxygen atoms in total. The number of rotatable bonds is 3.